The van der Waals surface area contributed by atoms with Crippen LogP contribution in [-0.2, 0) is 29.9 Å². The van der Waals surface area contributed by atoms with Gasteiger partial charge in [-0.3, -0.25) is 8.99 Å². The quantitative estimate of drug-likeness (QED) is 0.556. The van der Waals surface area contributed by atoms with E-state index in [1.165, 1.54) is 42.2 Å². The first kappa shape index (κ1) is 24.8. The summed E-state index contributed by atoms with van der Waals surface area (Å²) >= 11 is 0. The molecule has 3 rings (SSSR count). The molecule has 1 aliphatic heterocycles. The normalized spacial score (nSPS) is 16.1. The highest BCUT2D eigenvalue weighted by Crippen LogP contribution is 2.30. The van der Waals surface area contributed by atoms with Gasteiger partial charge in [-0.05, 0) is 88.7 Å². The third-order valence-corrected chi connectivity index (χ3v) is 8.56. The Morgan fingerprint density at radius 1 is 1.12 bits per heavy atom. The van der Waals surface area contributed by atoms with Crippen molar-refractivity contribution in [3.63, 3.8) is 0 Å². The van der Waals surface area contributed by atoms with Crippen molar-refractivity contribution in [1.82, 2.24) is 14.7 Å². The van der Waals surface area contributed by atoms with Gasteiger partial charge < -0.3 is 4.90 Å². The van der Waals surface area contributed by atoms with E-state index < -0.39 is 10.0 Å². The van der Waals surface area contributed by atoms with Crippen LogP contribution in [0.25, 0.3) is 0 Å². The lowest BCUT2D eigenvalue weighted by Gasteiger charge is -2.28. The summed E-state index contributed by atoms with van der Waals surface area (Å²) in [5.41, 5.74) is 3.59. The van der Waals surface area contributed by atoms with Gasteiger partial charge in [-0.25, -0.2) is 8.42 Å². The molecule has 0 aliphatic carbocycles. The van der Waals surface area contributed by atoms with Gasteiger partial charge in [0.05, 0.1) is 22.0 Å². The molecule has 1 aromatic carbocycles. The Bertz CT molecular complexity index is 988. The smallest absolute Gasteiger partial charge is 0.264 e. The molecule has 2 aromatic rings. The highest BCUT2D eigenvalue weighted by molar-refractivity contribution is 7.92. The Balaban J connectivity index is 1.67. The summed E-state index contributed by atoms with van der Waals surface area (Å²) in [4.78, 5) is 2.74. The second kappa shape index (κ2) is 10.4. The van der Waals surface area contributed by atoms with Crippen LogP contribution in [-0.4, -0.2) is 50.3 Å². The zero-order valence-corrected chi connectivity index (χ0v) is 21.5. The van der Waals surface area contributed by atoms with Crippen molar-refractivity contribution < 1.29 is 8.42 Å². The van der Waals surface area contributed by atoms with E-state index >= 15 is 0 Å². The molecule has 0 radical (unpaired) electrons. The standard InChI is InChI=1S/C25H40N4O2S/c1-19(2)18-24-25(20(3)28(5)26-24)29(6)32(30,31)23-12-10-21(11-13-23)8-7-9-22-14-16-27(4)17-15-22/h10-13,19,22H,7-9,14-18H2,1-6H3. The summed E-state index contributed by atoms with van der Waals surface area (Å²) in [5, 5.41) is 4.58. The Morgan fingerprint density at radius 3 is 2.34 bits per heavy atom. The number of rotatable bonds is 9. The lowest BCUT2D eigenvalue weighted by Crippen LogP contribution is -2.30. The molecule has 6 nitrogen and oxygen atoms in total. The van der Waals surface area contributed by atoms with E-state index in [9.17, 15) is 8.42 Å². The van der Waals surface area contributed by atoms with Crippen LogP contribution >= 0.6 is 0 Å². The van der Waals surface area contributed by atoms with Gasteiger partial charge in [0.15, 0.2) is 0 Å². The highest BCUT2D eigenvalue weighted by Gasteiger charge is 2.27. The molecule has 1 saturated heterocycles. The van der Waals surface area contributed by atoms with Crippen LogP contribution in [0.4, 0.5) is 5.69 Å². The topological polar surface area (TPSA) is 58.4 Å². The maximum Gasteiger partial charge on any atom is 0.264 e. The zero-order valence-electron chi connectivity index (χ0n) is 20.6. The first-order valence-corrected chi connectivity index (χ1v) is 13.3. The molecule has 0 unspecified atom stereocenters. The summed E-state index contributed by atoms with van der Waals surface area (Å²) in [7, 11) is 2.06. The third kappa shape index (κ3) is 5.73. The average molecular weight is 461 g/mol. The summed E-state index contributed by atoms with van der Waals surface area (Å²) in [5.74, 6) is 1.23. The van der Waals surface area contributed by atoms with Gasteiger partial charge in [0.2, 0.25) is 0 Å². The first-order chi connectivity index (χ1) is 15.1. The Morgan fingerprint density at radius 2 is 1.75 bits per heavy atom. The van der Waals surface area contributed by atoms with Gasteiger partial charge in [-0.2, -0.15) is 5.10 Å². The van der Waals surface area contributed by atoms with Crippen LogP contribution in [0.15, 0.2) is 29.2 Å². The minimum Gasteiger partial charge on any atom is -0.306 e. The third-order valence-electron chi connectivity index (χ3n) is 6.79. The Kier molecular flexibility index (Phi) is 8.04. The summed E-state index contributed by atoms with van der Waals surface area (Å²) in [6.45, 7) is 8.58. The molecule has 178 valence electrons. The SMILES string of the molecule is Cc1c(N(C)S(=O)(=O)c2ccc(CCCC3CCN(C)CC3)cc2)c(CC(C)C)nn1C. The predicted molar refractivity (Wildman–Crippen MR) is 132 cm³/mol. The zero-order chi connectivity index (χ0) is 23.5. The van der Waals surface area contributed by atoms with Crippen molar-refractivity contribution in [2.75, 3.05) is 31.5 Å². The molecule has 7 heteroatoms. The van der Waals surface area contributed by atoms with Crippen LogP contribution in [0.2, 0.25) is 0 Å². The fourth-order valence-electron chi connectivity index (χ4n) is 4.65. The number of anilines is 1. The number of nitrogens with zero attached hydrogens (tertiary/aromatic N) is 4. The maximum atomic E-state index is 13.4. The fraction of sp³-hybridized carbons (Fsp3) is 0.640. The van der Waals surface area contributed by atoms with Crippen LogP contribution in [0.3, 0.4) is 0 Å². The number of aryl methyl sites for hydroxylation is 2. The molecular formula is C25H40N4O2S. The molecule has 1 fully saturated rings. The van der Waals surface area contributed by atoms with E-state index in [1.807, 2.05) is 26.1 Å². The molecule has 1 aromatic heterocycles. The van der Waals surface area contributed by atoms with Crippen molar-refractivity contribution in [3.05, 3.63) is 41.2 Å². The number of piperidine rings is 1. The van der Waals surface area contributed by atoms with Crippen molar-refractivity contribution >= 4 is 15.7 Å². The minimum absolute atomic E-state index is 0.331. The molecule has 0 atom stereocenters. The first-order valence-electron chi connectivity index (χ1n) is 11.9. The van der Waals surface area contributed by atoms with Gasteiger partial charge in [-0.1, -0.05) is 32.4 Å². The largest absolute Gasteiger partial charge is 0.306 e. The molecule has 0 N–H and O–H groups in total. The molecule has 2 heterocycles. The Labute approximate surface area is 194 Å². The van der Waals surface area contributed by atoms with Crippen LogP contribution in [0.5, 0.6) is 0 Å². The summed E-state index contributed by atoms with van der Waals surface area (Å²) < 4.78 is 29.9. The Hall–Kier alpha value is -1.86. The number of hydrogen-bond acceptors (Lipinski definition) is 4. The lowest BCUT2D eigenvalue weighted by atomic mass is 9.91. The van der Waals surface area contributed by atoms with E-state index in [-0.39, 0.29) is 0 Å². The van der Waals surface area contributed by atoms with E-state index in [0.717, 1.165) is 36.6 Å². The molecule has 0 spiro atoms. The van der Waals surface area contributed by atoms with Gasteiger partial charge in [0.25, 0.3) is 10.0 Å². The summed E-state index contributed by atoms with van der Waals surface area (Å²) in [6.07, 6.45) is 6.76. The molecule has 32 heavy (non-hydrogen) atoms. The molecule has 0 bridgehead atoms. The van der Waals surface area contributed by atoms with Gasteiger partial charge in [0, 0.05) is 14.1 Å². The average Bonchev–Trinajstić information content (AvgIpc) is 3.01. The van der Waals surface area contributed by atoms with Crippen molar-refractivity contribution in [3.8, 4) is 0 Å². The second-order valence-electron chi connectivity index (χ2n) is 9.86. The minimum atomic E-state index is -3.64. The number of likely N-dealkylation sites (tertiary alicyclic amines) is 1. The number of benzene rings is 1. The van der Waals surface area contributed by atoms with Crippen molar-refractivity contribution in [2.45, 2.75) is 64.2 Å². The maximum absolute atomic E-state index is 13.4. The van der Waals surface area contributed by atoms with Crippen molar-refractivity contribution in [1.29, 1.82) is 0 Å². The van der Waals surface area contributed by atoms with E-state index in [4.69, 9.17) is 0 Å². The molecule has 0 amide bonds. The van der Waals surface area contributed by atoms with Crippen LogP contribution < -0.4 is 4.31 Å². The second-order valence-corrected chi connectivity index (χ2v) is 11.8. The molecule has 1 aliphatic rings. The van der Waals surface area contributed by atoms with E-state index in [2.05, 4.69) is 30.9 Å². The number of aromatic nitrogens is 2. The predicted octanol–water partition coefficient (Wildman–Crippen LogP) is 4.42. The molecule has 0 saturated carbocycles. The van der Waals surface area contributed by atoms with Gasteiger partial charge in [-0.15, -0.1) is 0 Å². The fourth-order valence-corrected chi connectivity index (χ4v) is 5.93. The van der Waals surface area contributed by atoms with Crippen LogP contribution in [0, 0.1) is 18.8 Å². The van der Waals surface area contributed by atoms with Crippen LogP contribution in [0.1, 0.15) is 56.5 Å². The monoisotopic (exact) mass is 460 g/mol. The highest BCUT2D eigenvalue weighted by atomic mass is 32.2. The summed E-state index contributed by atoms with van der Waals surface area (Å²) in [6, 6.07) is 7.45. The molecular weight excluding hydrogens is 420 g/mol. The van der Waals surface area contributed by atoms with E-state index in [0.29, 0.717) is 16.5 Å². The number of sulfonamides is 1. The lowest BCUT2D eigenvalue weighted by molar-refractivity contribution is 0.210. The van der Waals surface area contributed by atoms with E-state index in [1.54, 1.807) is 23.9 Å². The van der Waals surface area contributed by atoms with Gasteiger partial charge >= 0.3 is 0 Å². The number of hydrogen-bond donors (Lipinski definition) is 0. The van der Waals surface area contributed by atoms with Crippen molar-refractivity contribution in [2.24, 2.45) is 18.9 Å². The van der Waals surface area contributed by atoms with Gasteiger partial charge in [0.1, 0.15) is 0 Å².